The number of carbonyl (C=O) groups excluding carboxylic acids is 1. The summed E-state index contributed by atoms with van der Waals surface area (Å²) >= 11 is 1.80. The van der Waals surface area contributed by atoms with Crippen molar-refractivity contribution in [1.82, 2.24) is 0 Å². The predicted molar refractivity (Wildman–Crippen MR) is 86.5 cm³/mol. The second kappa shape index (κ2) is 6.57. The van der Waals surface area contributed by atoms with E-state index < -0.39 is 0 Å². The summed E-state index contributed by atoms with van der Waals surface area (Å²) in [5.74, 6) is 0.0358. The van der Waals surface area contributed by atoms with E-state index in [4.69, 9.17) is 0 Å². The van der Waals surface area contributed by atoms with Gasteiger partial charge >= 0.3 is 0 Å². The van der Waals surface area contributed by atoms with E-state index in [1.54, 1.807) is 11.3 Å². The van der Waals surface area contributed by atoms with Gasteiger partial charge in [0.2, 0.25) is 5.91 Å². The number of aryl methyl sites for hydroxylation is 2. The molecular weight excluding hydrogens is 268 g/mol. The van der Waals surface area contributed by atoms with Gasteiger partial charge in [0.05, 0.1) is 0 Å². The summed E-state index contributed by atoms with van der Waals surface area (Å²) in [5, 5.41) is 6.32. The van der Waals surface area contributed by atoms with Crippen LogP contribution in [0.4, 0.5) is 11.4 Å². The van der Waals surface area contributed by atoms with E-state index >= 15 is 0 Å². The Morgan fingerprint density at radius 2 is 2.00 bits per heavy atom. The number of thiophene rings is 1. The molecule has 3 nitrogen and oxygen atoms in total. The van der Waals surface area contributed by atoms with Crippen LogP contribution in [0.15, 0.2) is 30.3 Å². The molecule has 0 aliphatic rings. The Labute approximate surface area is 124 Å². The van der Waals surface area contributed by atoms with Crippen molar-refractivity contribution in [1.29, 1.82) is 0 Å². The lowest BCUT2D eigenvalue weighted by Gasteiger charge is -2.11. The molecule has 0 bridgehead atoms. The summed E-state index contributed by atoms with van der Waals surface area (Å²) in [6.45, 7) is 6.83. The minimum absolute atomic E-state index is 0.0358. The average molecular weight is 288 g/mol. The molecule has 1 amide bonds. The van der Waals surface area contributed by atoms with Crippen molar-refractivity contribution in [2.45, 2.75) is 33.7 Å². The number of benzene rings is 1. The Balaban J connectivity index is 2.06. The predicted octanol–water partition coefficient (Wildman–Crippen LogP) is 4.33. The molecule has 1 heterocycles. The fourth-order valence-electron chi connectivity index (χ4n) is 1.90. The fraction of sp³-hybridized carbons (Fsp3) is 0.312. The Hall–Kier alpha value is -1.81. The van der Waals surface area contributed by atoms with Crippen LogP contribution < -0.4 is 10.6 Å². The minimum atomic E-state index is 0.0358. The van der Waals surface area contributed by atoms with Crippen molar-refractivity contribution in [3.05, 3.63) is 45.6 Å². The maximum absolute atomic E-state index is 11.4. The summed E-state index contributed by atoms with van der Waals surface area (Å²) in [6, 6.07) is 10.2. The van der Waals surface area contributed by atoms with Crippen LogP contribution in [0.25, 0.3) is 0 Å². The van der Waals surface area contributed by atoms with Crippen molar-refractivity contribution in [2.75, 3.05) is 10.6 Å². The normalized spacial score (nSPS) is 10.3. The molecule has 2 aromatic rings. The van der Waals surface area contributed by atoms with Gasteiger partial charge < -0.3 is 10.6 Å². The number of hydrogen-bond acceptors (Lipinski definition) is 3. The average Bonchev–Trinajstić information content (AvgIpc) is 2.85. The highest BCUT2D eigenvalue weighted by molar-refractivity contribution is 7.11. The molecule has 1 aromatic carbocycles. The Morgan fingerprint density at radius 1 is 1.20 bits per heavy atom. The van der Waals surface area contributed by atoms with Gasteiger partial charge in [-0.05, 0) is 43.7 Å². The molecule has 4 heteroatoms. The zero-order chi connectivity index (χ0) is 14.5. The zero-order valence-electron chi connectivity index (χ0n) is 12.1. The van der Waals surface area contributed by atoms with Crippen molar-refractivity contribution < 1.29 is 4.79 Å². The van der Waals surface area contributed by atoms with Crippen LogP contribution >= 0.6 is 11.3 Å². The number of nitrogens with one attached hydrogen (secondary N) is 2. The number of hydrogen-bond donors (Lipinski definition) is 2. The second-order valence-electron chi connectivity index (χ2n) is 4.80. The molecule has 0 atom stereocenters. The third-order valence-corrected chi connectivity index (χ3v) is 4.09. The van der Waals surface area contributed by atoms with Gasteiger partial charge in [-0.2, -0.15) is 0 Å². The molecule has 0 spiro atoms. The summed E-state index contributed by atoms with van der Waals surface area (Å²) in [5.41, 5.74) is 3.07. The van der Waals surface area contributed by atoms with Crippen LogP contribution in [-0.4, -0.2) is 5.91 Å². The van der Waals surface area contributed by atoms with Crippen LogP contribution in [-0.2, 0) is 11.3 Å². The van der Waals surface area contributed by atoms with Gasteiger partial charge in [-0.15, -0.1) is 11.3 Å². The van der Waals surface area contributed by atoms with Gasteiger partial charge in [0.15, 0.2) is 0 Å². The zero-order valence-corrected chi connectivity index (χ0v) is 12.9. The van der Waals surface area contributed by atoms with Gasteiger partial charge in [-0.3, -0.25) is 4.79 Å². The number of carbonyl (C=O) groups is 1. The maximum Gasteiger partial charge on any atom is 0.224 e. The van der Waals surface area contributed by atoms with Gasteiger partial charge in [0, 0.05) is 34.1 Å². The molecule has 0 saturated carbocycles. The molecule has 2 rings (SSSR count). The van der Waals surface area contributed by atoms with Gasteiger partial charge in [-0.1, -0.05) is 13.0 Å². The second-order valence-corrected chi connectivity index (χ2v) is 6.17. The molecule has 0 unspecified atom stereocenters. The highest BCUT2D eigenvalue weighted by Crippen LogP contribution is 2.22. The van der Waals surface area contributed by atoms with Gasteiger partial charge in [-0.25, -0.2) is 0 Å². The lowest BCUT2D eigenvalue weighted by molar-refractivity contribution is -0.115. The van der Waals surface area contributed by atoms with Crippen LogP contribution in [0.3, 0.4) is 0 Å². The number of anilines is 2. The summed E-state index contributed by atoms with van der Waals surface area (Å²) in [4.78, 5) is 14.1. The molecule has 0 aliphatic heterocycles. The highest BCUT2D eigenvalue weighted by atomic mass is 32.1. The number of amides is 1. The van der Waals surface area contributed by atoms with E-state index in [0.717, 1.165) is 17.9 Å². The van der Waals surface area contributed by atoms with Crippen LogP contribution in [0.2, 0.25) is 0 Å². The van der Waals surface area contributed by atoms with E-state index in [9.17, 15) is 4.79 Å². The van der Waals surface area contributed by atoms with Gasteiger partial charge in [0.1, 0.15) is 0 Å². The summed E-state index contributed by atoms with van der Waals surface area (Å²) in [7, 11) is 0. The Morgan fingerprint density at radius 3 is 2.65 bits per heavy atom. The lowest BCUT2D eigenvalue weighted by Crippen LogP contribution is -2.10. The maximum atomic E-state index is 11.4. The first-order valence-electron chi connectivity index (χ1n) is 6.78. The Bertz CT molecular complexity index is 604. The summed E-state index contributed by atoms with van der Waals surface area (Å²) < 4.78 is 0. The van der Waals surface area contributed by atoms with Gasteiger partial charge in [0.25, 0.3) is 0 Å². The van der Waals surface area contributed by atoms with Crippen LogP contribution in [0, 0.1) is 13.8 Å². The molecule has 0 fully saturated rings. The summed E-state index contributed by atoms with van der Waals surface area (Å²) in [6.07, 6.45) is 0.491. The molecule has 0 radical (unpaired) electrons. The molecular formula is C16H20N2OS. The molecule has 1 aromatic heterocycles. The van der Waals surface area contributed by atoms with E-state index in [-0.39, 0.29) is 5.91 Å². The van der Waals surface area contributed by atoms with Crippen LogP contribution in [0.1, 0.15) is 28.7 Å². The first kappa shape index (κ1) is 14.6. The molecule has 2 N–H and O–H groups in total. The third-order valence-electron chi connectivity index (χ3n) is 3.09. The lowest BCUT2D eigenvalue weighted by atomic mass is 10.1. The Kier molecular flexibility index (Phi) is 4.79. The van der Waals surface area contributed by atoms with Crippen molar-refractivity contribution in [3.63, 3.8) is 0 Å². The SMILES string of the molecule is CCC(=O)Nc1ccc(C)c(NCc2ccc(C)s2)c1. The number of rotatable bonds is 5. The first-order valence-corrected chi connectivity index (χ1v) is 7.60. The van der Waals surface area contributed by atoms with Crippen molar-refractivity contribution in [2.24, 2.45) is 0 Å². The first-order chi connectivity index (χ1) is 9.58. The van der Waals surface area contributed by atoms with E-state index in [1.807, 2.05) is 25.1 Å². The minimum Gasteiger partial charge on any atom is -0.380 e. The van der Waals surface area contributed by atoms with Crippen LogP contribution in [0.5, 0.6) is 0 Å². The molecule has 20 heavy (non-hydrogen) atoms. The van der Waals surface area contributed by atoms with E-state index in [1.165, 1.54) is 15.3 Å². The topological polar surface area (TPSA) is 41.1 Å². The van der Waals surface area contributed by atoms with E-state index in [0.29, 0.717) is 6.42 Å². The van der Waals surface area contributed by atoms with Crippen molar-refractivity contribution in [3.8, 4) is 0 Å². The molecule has 106 valence electrons. The third kappa shape index (κ3) is 3.84. The molecule has 0 saturated heterocycles. The molecule has 0 aliphatic carbocycles. The highest BCUT2D eigenvalue weighted by Gasteiger charge is 2.04. The van der Waals surface area contributed by atoms with E-state index in [2.05, 4.69) is 36.6 Å². The smallest absolute Gasteiger partial charge is 0.224 e. The monoisotopic (exact) mass is 288 g/mol. The standard InChI is InChI=1S/C16H20N2OS/c1-4-16(19)18-13-7-5-11(2)15(9-13)17-10-14-8-6-12(3)20-14/h5-9,17H,4,10H2,1-3H3,(H,18,19). The largest absolute Gasteiger partial charge is 0.380 e. The fourth-order valence-corrected chi connectivity index (χ4v) is 2.73. The quantitative estimate of drug-likeness (QED) is 0.860. The van der Waals surface area contributed by atoms with Crippen molar-refractivity contribution >= 4 is 28.6 Å².